The van der Waals surface area contributed by atoms with Crippen LogP contribution in [0.3, 0.4) is 0 Å². The highest BCUT2D eigenvalue weighted by Crippen LogP contribution is 2.28. The van der Waals surface area contributed by atoms with Gasteiger partial charge in [-0.05, 0) is 43.2 Å². The zero-order valence-corrected chi connectivity index (χ0v) is 15.4. The molecule has 0 spiro atoms. The molecule has 0 aliphatic carbocycles. The number of carbonyl (C=O) groups is 3. The van der Waals surface area contributed by atoms with Gasteiger partial charge in [-0.25, -0.2) is 4.79 Å². The minimum atomic E-state index is -1.34. The Morgan fingerprint density at radius 3 is 2.22 bits per heavy atom. The Morgan fingerprint density at radius 2 is 1.67 bits per heavy atom. The number of aliphatic carboxylic acids is 1. The van der Waals surface area contributed by atoms with E-state index in [1.807, 2.05) is 6.92 Å². The van der Waals surface area contributed by atoms with Crippen LogP contribution in [0.2, 0.25) is 0 Å². The Morgan fingerprint density at radius 1 is 1.04 bits per heavy atom. The molecule has 27 heavy (non-hydrogen) atoms. The first-order chi connectivity index (χ1) is 12.9. The van der Waals surface area contributed by atoms with E-state index in [9.17, 15) is 19.5 Å². The van der Waals surface area contributed by atoms with E-state index in [-0.39, 0.29) is 6.42 Å². The molecule has 0 aliphatic heterocycles. The minimum Gasteiger partial charge on any atom is -0.481 e. The van der Waals surface area contributed by atoms with Crippen LogP contribution in [0, 0.1) is 0 Å². The molecule has 0 aliphatic rings. The van der Waals surface area contributed by atoms with Gasteiger partial charge >= 0.3 is 11.9 Å². The second kappa shape index (κ2) is 8.98. The van der Waals surface area contributed by atoms with Crippen molar-refractivity contribution in [2.24, 2.45) is 0 Å². The average Bonchev–Trinajstić information content (AvgIpc) is 2.67. The predicted molar refractivity (Wildman–Crippen MR) is 102 cm³/mol. The zero-order chi connectivity index (χ0) is 19.9. The number of hydrogen-bond acceptors (Lipinski definition) is 4. The summed E-state index contributed by atoms with van der Waals surface area (Å²) in [6.45, 7) is 3.79. The molecule has 6 nitrogen and oxygen atoms in total. The minimum absolute atomic E-state index is 0.216. The van der Waals surface area contributed by atoms with E-state index < -0.39 is 23.3 Å². The van der Waals surface area contributed by atoms with Crippen LogP contribution in [0.4, 0.5) is 5.69 Å². The van der Waals surface area contributed by atoms with Gasteiger partial charge in [-0.2, -0.15) is 0 Å². The lowest BCUT2D eigenvalue weighted by molar-refractivity contribution is -0.145. The first-order valence-corrected chi connectivity index (χ1v) is 8.73. The smallest absolute Gasteiger partial charge is 0.338 e. The molecule has 0 unspecified atom stereocenters. The van der Waals surface area contributed by atoms with Crippen LogP contribution in [0.5, 0.6) is 0 Å². The number of hydrogen-bond donors (Lipinski definition) is 2. The molecule has 0 heterocycles. The van der Waals surface area contributed by atoms with Gasteiger partial charge < -0.3 is 15.2 Å². The normalized spacial score (nSPS) is 12.7. The Labute approximate surface area is 158 Å². The SMILES string of the molecule is CCCOC(=O)c1ccc(NC(=O)C[C@](C)(C(=O)O)c2ccccc2)cc1. The molecule has 0 radical (unpaired) electrons. The number of anilines is 1. The van der Waals surface area contributed by atoms with Crippen molar-refractivity contribution in [1.29, 1.82) is 0 Å². The second-order valence-corrected chi connectivity index (χ2v) is 6.44. The predicted octanol–water partition coefficient (Wildman–Crippen LogP) is 3.62. The average molecular weight is 369 g/mol. The fourth-order valence-electron chi connectivity index (χ4n) is 2.60. The van der Waals surface area contributed by atoms with E-state index in [0.717, 1.165) is 6.42 Å². The summed E-state index contributed by atoms with van der Waals surface area (Å²) >= 11 is 0. The van der Waals surface area contributed by atoms with Crippen LogP contribution in [-0.2, 0) is 19.7 Å². The van der Waals surface area contributed by atoms with Gasteiger partial charge in [0.1, 0.15) is 0 Å². The Hall–Kier alpha value is -3.15. The summed E-state index contributed by atoms with van der Waals surface area (Å²) in [6.07, 6.45) is 0.524. The lowest BCUT2D eigenvalue weighted by atomic mass is 9.79. The van der Waals surface area contributed by atoms with Gasteiger partial charge in [-0.3, -0.25) is 9.59 Å². The number of benzene rings is 2. The molecule has 2 aromatic carbocycles. The first kappa shape index (κ1) is 20.2. The van der Waals surface area contributed by atoms with Gasteiger partial charge in [-0.1, -0.05) is 37.3 Å². The molecule has 1 atom stereocenters. The molecular weight excluding hydrogens is 346 g/mol. The fraction of sp³-hybridized carbons (Fsp3) is 0.286. The lowest BCUT2D eigenvalue weighted by Gasteiger charge is -2.24. The van der Waals surface area contributed by atoms with Gasteiger partial charge in [0.15, 0.2) is 0 Å². The maximum absolute atomic E-state index is 12.4. The number of rotatable bonds is 8. The summed E-state index contributed by atoms with van der Waals surface area (Å²) in [6, 6.07) is 14.9. The third-order valence-electron chi connectivity index (χ3n) is 4.24. The summed E-state index contributed by atoms with van der Waals surface area (Å²) < 4.78 is 5.05. The standard InChI is InChI=1S/C21H23NO5/c1-3-13-27-19(24)15-9-11-17(12-10-15)22-18(23)14-21(2,20(25)26)16-7-5-4-6-8-16/h4-12H,3,13-14H2,1-2H3,(H,22,23)(H,25,26)/t21-/m0/s1. The molecule has 0 bridgehead atoms. The van der Waals surface area contributed by atoms with Crippen LogP contribution in [0.1, 0.15) is 42.6 Å². The second-order valence-electron chi connectivity index (χ2n) is 6.44. The molecule has 0 saturated carbocycles. The number of ether oxygens (including phenoxy) is 1. The number of carboxylic acids is 1. The van der Waals surface area contributed by atoms with Crippen LogP contribution in [0.25, 0.3) is 0 Å². The number of carboxylic acid groups (broad SMARTS) is 1. The van der Waals surface area contributed by atoms with Gasteiger partial charge in [0.05, 0.1) is 17.6 Å². The topological polar surface area (TPSA) is 92.7 Å². The van der Waals surface area contributed by atoms with E-state index in [2.05, 4.69) is 5.32 Å². The summed E-state index contributed by atoms with van der Waals surface area (Å²) in [5.41, 5.74) is 0.0884. The maximum Gasteiger partial charge on any atom is 0.338 e. The van der Waals surface area contributed by atoms with E-state index in [4.69, 9.17) is 4.74 Å². The van der Waals surface area contributed by atoms with E-state index in [0.29, 0.717) is 23.4 Å². The Balaban J connectivity index is 2.06. The van der Waals surface area contributed by atoms with E-state index in [1.165, 1.54) is 6.92 Å². The molecule has 2 aromatic rings. The van der Waals surface area contributed by atoms with Crippen molar-refractivity contribution < 1.29 is 24.2 Å². The summed E-state index contributed by atoms with van der Waals surface area (Å²) in [4.78, 5) is 36.0. The van der Waals surface area contributed by atoms with Crippen molar-refractivity contribution in [1.82, 2.24) is 0 Å². The van der Waals surface area contributed by atoms with Crippen molar-refractivity contribution in [2.45, 2.75) is 32.1 Å². The van der Waals surface area contributed by atoms with Crippen molar-refractivity contribution in [2.75, 3.05) is 11.9 Å². The Bertz CT molecular complexity index is 801. The number of nitrogens with one attached hydrogen (secondary N) is 1. The molecule has 1 amide bonds. The summed E-state index contributed by atoms with van der Waals surface area (Å²) in [5, 5.41) is 12.3. The van der Waals surface area contributed by atoms with Crippen molar-refractivity contribution >= 4 is 23.5 Å². The van der Waals surface area contributed by atoms with Crippen molar-refractivity contribution in [3.63, 3.8) is 0 Å². The number of amides is 1. The maximum atomic E-state index is 12.4. The van der Waals surface area contributed by atoms with Gasteiger partial charge in [0, 0.05) is 12.1 Å². The molecule has 142 valence electrons. The van der Waals surface area contributed by atoms with Crippen molar-refractivity contribution in [3.05, 3.63) is 65.7 Å². The molecule has 2 N–H and O–H groups in total. The highest BCUT2D eigenvalue weighted by atomic mass is 16.5. The molecule has 6 heteroatoms. The third kappa shape index (κ3) is 5.17. The molecule has 2 rings (SSSR count). The third-order valence-corrected chi connectivity index (χ3v) is 4.24. The van der Waals surface area contributed by atoms with Crippen LogP contribution in [0.15, 0.2) is 54.6 Å². The molecule has 0 saturated heterocycles. The van der Waals surface area contributed by atoms with E-state index in [1.54, 1.807) is 54.6 Å². The van der Waals surface area contributed by atoms with Crippen LogP contribution >= 0.6 is 0 Å². The van der Waals surface area contributed by atoms with Gasteiger partial charge in [0.2, 0.25) is 5.91 Å². The fourth-order valence-corrected chi connectivity index (χ4v) is 2.60. The number of carbonyl (C=O) groups excluding carboxylic acids is 2. The highest BCUT2D eigenvalue weighted by Gasteiger charge is 2.37. The van der Waals surface area contributed by atoms with E-state index >= 15 is 0 Å². The zero-order valence-electron chi connectivity index (χ0n) is 15.4. The first-order valence-electron chi connectivity index (χ1n) is 8.73. The molecular formula is C21H23NO5. The summed E-state index contributed by atoms with van der Waals surface area (Å²) in [7, 11) is 0. The van der Waals surface area contributed by atoms with Crippen LogP contribution in [-0.4, -0.2) is 29.6 Å². The lowest BCUT2D eigenvalue weighted by Crippen LogP contribution is -2.36. The quantitative estimate of drug-likeness (QED) is 0.693. The van der Waals surface area contributed by atoms with Crippen molar-refractivity contribution in [3.8, 4) is 0 Å². The molecule has 0 aromatic heterocycles. The monoisotopic (exact) mass is 369 g/mol. The molecule has 0 fully saturated rings. The van der Waals surface area contributed by atoms with Crippen LogP contribution < -0.4 is 5.32 Å². The summed E-state index contributed by atoms with van der Waals surface area (Å²) in [5.74, 6) is -1.92. The number of esters is 1. The largest absolute Gasteiger partial charge is 0.481 e. The van der Waals surface area contributed by atoms with Gasteiger partial charge in [0.25, 0.3) is 0 Å². The Kier molecular flexibility index (Phi) is 6.71. The van der Waals surface area contributed by atoms with Gasteiger partial charge in [-0.15, -0.1) is 0 Å². The highest BCUT2D eigenvalue weighted by molar-refractivity contribution is 5.97.